The van der Waals surface area contributed by atoms with E-state index in [1.54, 1.807) is 6.92 Å². The van der Waals surface area contributed by atoms with Gasteiger partial charge in [-0.15, -0.1) is 0 Å². The number of fused-ring (bicyclic) bond motifs is 2. The van der Waals surface area contributed by atoms with Crippen molar-refractivity contribution in [3.8, 4) is 0 Å². The molecule has 0 atom stereocenters. The highest BCUT2D eigenvalue weighted by Gasteiger charge is 2.44. The lowest BCUT2D eigenvalue weighted by Crippen LogP contribution is -2.14. The van der Waals surface area contributed by atoms with Gasteiger partial charge in [0, 0.05) is 6.42 Å². The van der Waals surface area contributed by atoms with Crippen LogP contribution < -0.4 is 0 Å². The lowest BCUT2D eigenvalue weighted by atomic mass is 9.80. The molecule has 12 heavy (non-hydrogen) atoms. The average molecular weight is 166 g/mol. The molecule has 2 saturated carbocycles. The predicted octanol–water partition coefficient (Wildman–Crippen LogP) is 2.94. The third-order valence-corrected chi connectivity index (χ3v) is 3.89. The zero-order valence-electron chi connectivity index (χ0n) is 7.94. The van der Waals surface area contributed by atoms with Crippen LogP contribution in [0.4, 0.5) is 0 Å². The van der Waals surface area contributed by atoms with E-state index in [1.165, 1.54) is 38.5 Å². The fourth-order valence-corrected chi connectivity index (χ4v) is 3.10. The summed E-state index contributed by atoms with van der Waals surface area (Å²) in [6, 6.07) is 0. The average Bonchev–Trinajstić information content (AvgIpc) is 2.60. The van der Waals surface area contributed by atoms with E-state index in [2.05, 4.69) is 0 Å². The van der Waals surface area contributed by atoms with Crippen LogP contribution in [0.25, 0.3) is 0 Å². The maximum atomic E-state index is 10.9. The van der Waals surface area contributed by atoms with Crippen molar-refractivity contribution in [1.82, 2.24) is 0 Å². The number of carbonyl (C=O) groups is 1. The number of rotatable bonds is 3. The Labute approximate surface area is 74.5 Å². The van der Waals surface area contributed by atoms with Gasteiger partial charge in [0.2, 0.25) is 0 Å². The third kappa shape index (κ3) is 1.41. The Balaban J connectivity index is 1.90. The van der Waals surface area contributed by atoms with Gasteiger partial charge >= 0.3 is 0 Å². The summed E-state index contributed by atoms with van der Waals surface area (Å²) < 4.78 is 0. The Kier molecular flexibility index (Phi) is 1.97. The molecule has 0 amide bonds. The van der Waals surface area contributed by atoms with Crippen LogP contribution in [-0.4, -0.2) is 5.78 Å². The first-order valence-electron chi connectivity index (χ1n) is 5.20. The zero-order chi connectivity index (χ0) is 8.60. The van der Waals surface area contributed by atoms with Gasteiger partial charge in [0.1, 0.15) is 5.78 Å². The SMILES string of the molecule is CC(=O)CCC12CCC(CC1)C2. The molecule has 1 heteroatoms. The van der Waals surface area contributed by atoms with Crippen molar-refractivity contribution in [2.24, 2.45) is 11.3 Å². The Morgan fingerprint density at radius 2 is 2.08 bits per heavy atom. The van der Waals surface area contributed by atoms with Gasteiger partial charge in [-0.25, -0.2) is 0 Å². The van der Waals surface area contributed by atoms with Gasteiger partial charge in [-0.05, 0) is 56.8 Å². The molecule has 0 saturated heterocycles. The molecule has 2 bridgehead atoms. The van der Waals surface area contributed by atoms with Crippen molar-refractivity contribution in [3.63, 3.8) is 0 Å². The fraction of sp³-hybridized carbons (Fsp3) is 0.909. The molecule has 0 radical (unpaired) electrons. The van der Waals surface area contributed by atoms with E-state index in [0.29, 0.717) is 11.2 Å². The number of hydrogen-bond acceptors (Lipinski definition) is 1. The van der Waals surface area contributed by atoms with E-state index in [1.807, 2.05) is 0 Å². The molecule has 0 aromatic carbocycles. The van der Waals surface area contributed by atoms with Crippen LogP contribution in [0.2, 0.25) is 0 Å². The Morgan fingerprint density at radius 3 is 2.50 bits per heavy atom. The summed E-state index contributed by atoms with van der Waals surface area (Å²) in [5.74, 6) is 1.40. The van der Waals surface area contributed by atoms with Crippen molar-refractivity contribution >= 4 is 5.78 Å². The molecule has 2 fully saturated rings. The van der Waals surface area contributed by atoms with Crippen molar-refractivity contribution in [2.45, 2.75) is 51.9 Å². The van der Waals surface area contributed by atoms with E-state index in [-0.39, 0.29) is 0 Å². The lowest BCUT2D eigenvalue weighted by molar-refractivity contribution is -0.117. The maximum absolute atomic E-state index is 10.9. The molecule has 2 aliphatic carbocycles. The topological polar surface area (TPSA) is 17.1 Å². The Morgan fingerprint density at radius 1 is 1.42 bits per heavy atom. The molecule has 0 unspecified atom stereocenters. The second kappa shape index (κ2) is 2.86. The first-order chi connectivity index (χ1) is 5.70. The van der Waals surface area contributed by atoms with Crippen LogP contribution in [0, 0.1) is 11.3 Å². The normalized spacial score (nSPS) is 38.9. The van der Waals surface area contributed by atoms with Gasteiger partial charge in [0.15, 0.2) is 0 Å². The monoisotopic (exact) mass is 166 g/mol. The molecule has 0 aromatic rings. The second-order valence-corrected chi connectivity index (χ2v) is 4.85. The van der Waals surface area contributed by atoms with Crippen LogP contribution in [0.3, 0.4) is 0 Å². The van der Waals surface area contributed by atoms with Crippen LogP contribution in [0.1, 0.15) is 51.9 Å². The van der Waals surface area contributed by atoms with Crippen molar-refractivity contribution in [2.75, 3.05) is 0 Å². The molecule has 68 valence electrons. The first kappa shape index (κ1) is 8.28. The number of Topliss-reactive ketones (excluding diaryl/α,β-unsaturated/α-hetero) is 1. The first-order valence-corrected chi connectivity index (χ1v) is 5.20. The summed E-state index contributed by atoms with van der Waals surface area (Å²) in [4.78, 5) is 10.9. The standard InChI is InChI=1S/C11H18O/c1-9(12)2-5-11-6-3-10(8-11)4-7-11/h10H,2-8H2,1H3. The van der Waals surface area contributed by atoms with Gasteiger partial charge in [0.05, 0.1) is 0 Å². The van der Waals surface area contributed by atoms with Crippen molar-refractivity contribution in [1.29, 1.82) is 0 Å². The largest absolute Gasteiger partial charge is 0.300 e. The van der Waals surface area contributed by atoms with Crippen LogP contribution in [0.5, 0.6) is 0 Å². The van der Waals surface area contributed by atoms with E-state index >= 15 is 0 Å². The van der Waals surface area contributed by atoms with E-state index < -0.39 is 0 Å². The highest BCUT2D eigenvalue weighted by molar-refractivity contribution is 5.75. The highest BCUT2D eigenvalue weighted by atomic mass is 16.1. The highest BCUT2D eigenvalue weighted by Crippen LogP contribution is 2.56. The molecular weight excluding hydrogens is 148 g/mol. The Hall–Kier alpha value is -0.330. The molecule has 0 heterocycles. The molecule has 0 aromatic heterocycles. The van der Waals surface area contributed by atoms with Crippen molar-refractivity contribution < 1.29 is 4.79 Å². The lowest BCUT2D eigenvalue weighted by Gasteiger charge is -2.25. The number of hydrogen-bond donors (Lipinski definition) is 0. The maximum Gasteiger partial charge on any atom is 0.129 e. The van der Waals surface area contributed by atoms with Crippen LogP contribution in [0.15, 0.2) is 0 Å². The van der Waals surface area contributed by atoms with Crippen LogP contribution in [-0.2, 0) is 4.79 Å². The number of carbonyl (C=O) groups excluding carboxylic acids is 1. The molecule has 2 rings (SSSR count). The minimum Gasteiger partial charge on any atom is -0.300 e. The molecule has 1 nitrogen and oxygen atoms in total. The summed E-state index contributed by atoms with van der Waals surface area (Å²) in [6.07, 6.45) is 9.14. The summed E-state index contributed by atoms with van der Waals surface area (Å²) in [7, 11) is 0. The van der Waals surface area contributed by atoms with Crippen molar-refractivity contribution in [3.05, 3.63) is 0 Å². The van der Waals surface area contributed by atoms with Gasteiger partial charge < -0.3 is 4.79 Å². The minimum absolute atomic E-state index is 0.375. The summed E-state index contributed by atoms with van der Waals surface area (Å²) in [5.41, 5.74) is 0.621. The Bertz CT molecular complexity index is 187. The van der Waals surface area contributed by atoms with Gasteiger partial charge in [-0.1, -0.05) is 0 Å². The molecule has 0 N–H and O–H groups in total. The molecular formula is C11H18O. The number of ketones is 1. The second-order valence-electron chi connectivity index (χ2n) is 4.85. The predicted molar refractivity (Wildman–Crippen MR) is 48.9 cm³/mol. The molecule has 2 aliphatic rings. The summed E-state index contributed by atoms with van der Waals surface area (Å²) in [5, 5.41) is 0. The van der Waals surface area contributed by atoms with E-state index in [9.17, 15) is 4.79 Å². The summed E-state index contributed by atoms with van der Waals surface area (Å²) in [6.45, 7) is 1.72. The van der Waals surface area contributed by atoms with E-state index in [0.717, 1.165) is 12.3 Å². The zero-order valence-corrected chi connectivity index (χ0v) is 7.94. The van der Waals surface area contributed by atoms with Gasteiger partial charge in [-0.2, -0.15) is 0 Å². The van der Waals surface area contributed by atoms with E-state index in [4.69, 9.17) is 0 Å². The fourth-order valence-electron chi connectivity index (χ4n) is 3.10. The molecule has 0 spiro atoms. The van der Waals surface area contributed by atoms with Crippen LogP contribution >= 0.6 is 0 Å². The smallest absolute Gasteiger partial charge is 0.129 e. The summed E-state index contributed by atoms with van der Waals surface area (Å²) >= 11 is 0. The third-order valence-electron chi connectivity index (χ3n) is 3.89. The molecule has 0 aliphatic heterocycles. The minimum atomic E-state index is 0.375. The quantitative estimate of drug-likeness (QED) is 0.630. The van der Waals surface area contributed by atoms with Gasteiger partial charge in [0.25, 0.3) is 0 Å². The van der Waals surface area contributed by atoms with Gasteiger partial charge in [-0.3, -0.25) is 0 Å².